The summed E-state index contributed by atoms with van der Waals surface area (Å²) in [5.41, 5.74) is 8.42. The first-order valence-electron chi connectivity index (χ1n) is 4.33. The summed E-state index contributed by atoms with van der Waals surface area (Å²) in [5.74, 6) is 1.17. The minimum Gasteiger partial charge on any atom is -0.399 e. The van der Waals surface area contributed by atoms with Crippen molar-refractivity contribution < 1.29 is 4.52 Å². The lowest BCUT2D eigenvalue weighted by Crippen LogP contribution is -1.90. The Balaban J connectivity index is 2.47. The summed E-state index contributed by atoms with van der Waals surface area (Å²) in [6, 6.07) is 5.67. The lowest BCUT2D eigenvalue weighted by Gasteiger charge is -2.00. The number of hydrogen-bond acceptors (Lipinski definition) is 4. The average Bonchev–Trinajstić information content (AvgIpc) is 2.57. The van der Waals surface area contributed by atoms with Gasteiger partial charge in [-0.3, -0.25) is 0 Å². The first-order valence-corrected chi connectivity index (χ1v) is 4.33. The van der Waals surface area contributed by atoms with Crippen molar-refractivity contribution >= 4 is 5.69 Å². The van der Waals surface area contributed by atoms with Crippen molar-refractivity contribution in [2.24, 2.45) is 0 Å². The van der Waals surface area contributed by atoms with Crippen molar-refractivity contribution in [3.8, 4) is 11.4 Å². The van der Waals surface area contributed by atoms with Crippen molar-refractivity contribution in [1.82, 2.24) is 10.1 Å². The molecule has 0 unspecified atom stereocenters. The molecule has 4 nitrogen and oxygen atoms in total. The first-order chi connectivity index (χ1) is 6.66. The summed E-state index contributed by atoms with van der Waals surface area (Å²) in [7, 11) is 0. The van der Waals surface area contributed by atoms with E-state index >= 15 is 0 Å². The summed E-state index contributed by atoms with van der Waals surface area (Å²) >= 11 is 0. The predicted octanol–water partition coefficient (Wildman–Crippen LogP) is 1.94. The molecule has 1 aromatic carbocycles. The molecule has 0 saturated carbocycles. The highest BCUT2D eigenvalue weighted by Gasteiger charge is 2.06. The van der Waals surface area contributed by atoms with E-state index in [1.807, 2.05) is 25.1 Å². The molecular weight excluding hydrogens is 178 g/mol. The van der Waals surface area contributed by atoms with Crippen LogP contribution in [-0.4, -0.2) is 10.1 Å². The van der Waals surface area contributed by atoms with E-state index in [0.29, 0.717) is 11.7 Å². The molecule has 0 amide bonds. The van der Waals surface area contributed by atoms with Gasteiger partial charge < -0.3 is 10.3 Å². The number of aromatic nitrogens is 2. The minimum atomic E-state index is 0.564. The van der Waals surface area contributed by atoms with E-state index in [-0.39, 0.29) is 0 Å². The van der Waals surface area contributed by atoms with Gasteiger partial charge in [0.05, 0.1) is 0 Å². The van der Waals surface area contributed by atoms with Crippen LogP contribution in [0, 0.1) is 13.8 Å². The third-order valence-electron chi connectivity index (χ3n) is 2.06. The van der Waals surface area contributed by atoms with Crippen LogP contribution < -0.4 is 5.73 Å². The quantitative estimate of drug-likeness (QED) is 0.696. The fourth-order valence-electron chi connectivity index (χ4n) is 1.23. The van der Waals surface area contributed by atoms with Crippen LogP contribution in [0.1, 0.15) is 11.5 Å². The molecule has 0 radical (unpaired) electrons. The third-order valence-corrected chi connectivity index (χ3v) is 2.06. The second-order valence-electron chi connectivity index (χ2n) is 3.21. The molecule has 0 bridgehead atoms. The van der Waals surface area contributed by atoms with Crippen LogP contribution in [0.4, 0.5) is 5.69 Å². The SMILES string of the molecule is Cc1nc(-c2ccc(N)c(C)c2)no1. The molecule has 2 rings (SSSR count). The summed E-state index contributed by atoms with van der Waals surface area (Å²) in [5, 5.41) is 3.83. The molecule has 0 spiro atoms. The van der Waals surface area contributed by atoms with E-state index < -0.39 is 0 Å². The van der Waals surface area contributed by atoms with Gasteiger partial charge in [0.2, 0.25) is 11.7 Å². The van der Waals surface area contributed by atoms with Crippen LogP contribution in [0.5, 0.6) is 0 Å². The zero-order valence-electron chi connectivity index (χ0n) is 8.11. The Hall–Kier alpha value is -1.84. The van der Waals surface area contributed by atoms with Gasteiger partial charge in [-0.15, -0.1) is 0 Å². The molecule has 0 atom stereocenters. The molecule has 72 valence electrons. The zero-order chi connectivity index (χ0) is 10.1. The van der Waals surface area contributed by atoms with Crippen molar-refractivity contribution in [3.05, 3.63) is 29.7 Å². The number of hydrogen-bond donors (Lipinski definition) is 1. The second-order valence-corrected chi connectivity index (χ2v) is 3.21. The van der Waals surface area contributed by atoms with Crippen LogP contribution in [0.25, 0.3) is 11.4 Å². The Morgan fingerprint density at radius 1 is 1.29 bits per heavy atom. The monoisotopic (exact) mass is 189 g/mol. The number of benzene rings is 1. The summed E-state index contributed by atoms with van der Waals surface area (Å²) in [6.45, 7) is 3.71. The van der Waals surface area contributed by atoms with Gasteiger partial charge in [0.25, 0.3) is 0 Å². The molecule has 0 aliphatic rings. The number of rotatable bonds is 1. The number of nitrogen functional groups attached to an aromatic ring is 1. The van der Waals surface area contributed by atoms with E-state index in [4.69, 9.17) is 10.3 Å². The number of anilines is 1. The average molecular weight is 189 g/mol. The minimum absolute atomic E-state index is 0.564. The van der Waals surface area contributed by atoms with Crippen molar-refractivity contribution in [1.29, 1.82) is 0 Å². The molecule has 0 aliphatic carbocycles. The molecule has 1 aromatic heterocycles. The van der Waals surface area contributed by atoms with Crippen LogP contribution in [0.15, 0.2) is 22.7 Å². The largest absolute Gasteiger partial charge is 0.399 e. The smallest absolute Gasteiger partial charge is 0.223 e. The fraction of sp³-hybridized carbons (Fsp3) is 0.200. The van der Waals surface area contributed by atoms with E-state index in [1.54, 1.807) is 6.92 Å². The van der Waals surface area contributed by atoms with Gasteiger partial charge in [-0.25, -0.2) is 0 Å². The van der Waals surface area contributed by atoms with Crippen molar-refractivity contribution in [2.45, 2.75) is 13.8 Å². The van der Waals surface area contributed by atoms with E-state index in [2.05, 4.69) is 10.1 Å². The Bertz CT molecular complexity index is 462. The maximum absolute atomic E-state index is 5.71. The molecule has 2 N–H and O–H groups in total. The summed E-state index contributed by atoms with van der Waals surface area (Å²) < 4.78 is 4.90. The molecule has 4 heteroatoms. The number of nitrogens with two attached hydrogens (primary N) is 1. The molecule has 2 aromatic rings. The van der Waals surface area contributed by atoms with Gasteiger partial charge in [0, 0.05) is 18.2 Å². The Kier molecular flexibility index (Phi) is 1.96. The zero-order valence-corrected chi connectivity index (χ0v) is 8.11. The van der Waals surface area contributed by atoms with Gasteiger partial charge in [-0.1, -0.05) is 5.16 Å². The maximum atomic E-state index is 5.71. The van der Waals surface area contributed by atoms with Gasteiger partial charge >= 0.3 is 0 Å². The molecule has 0 fully saturated rings. The molecule has 1 heterocycles. The topological polar surface area (TPSA) is 64.9 Å². The fourth-order valence-corrected chi connectivity index (χ4v) is 1.23. The Morgan fingerprint density at radius 3 is 2.64 bits per heavy atom. The Morgan fingerprint density at radius 2 is 2.07 bits per heavy atom. The third kappa shape index (κ3) is 1.46. The number of nitrogens with zero attached hydrogens (tertiary/aromatic N) is 2. The number of aryl methyl sites for hydroxylation is 2. The van der Waals surface area contributed by atoms with E-state index in [1.165, 1.54) is 0 Å². The summed E-state index contributed by atoms with van der Waals surface area (Å²) in [4.78, 5) is 4.13. The van der Waals surface area contributed by atoms with Crippen LogP contribution in [-0.2, 0) is 0 Å². The first kappa shape index (κ1) is 8.74. The lowest BCUT2D eigenvalue weighted by atomic mass is 10.1. The standard InChI is InChI=1S/C10H11N3O/c1-6-5-8(3-4-9(6)11)10-12-7(2)14-13-10/h3-5H,11H2,1-2H3. The molecule has 0 aliphatic heterocycles. The van der Waals surface area contributed by atoms with Crippen LogP contribution in [0.3, 0.4) is 0 Å². The highest BCUT2D eigenvalue weighted by Crippen LogP contribution is 2.20. The normalized spacial score (nSPS) is 10.4. The highest BCUT2D eigenvalue weighted by atomic mass is 16.5. The van der Waals surface area contributed by atoms with Gasteiger partial charge in [0.1, 0.15) is 0 Å². The van der Waals surface area contributed by atoms with Gasteiger partial charge in [0.15, 0.2) is 0 Å². The van der Waals surface area contributed by atoms with E-state index in [9.17, 15) is 0 Å². The van der Waals surface area contributed by atoms with Gasteiger partial charge in [-0.2, -0.15) is 4.98 Å². The Labute approximate surface area is 81.7 Å². The predicted molar refractivity (Wildman–Crippen MR) is 53.6 cm³/mol. The van der Waals surface area contributed by atoms with Crippen LogP contribution >= 0.6 is 0 Å². The molecule has 14 heavy (non-hydrogen) atoms. The van der Waals surface area contributed by atoms with Crippen LogP contribution in [0.2, 0.25) is 0 Å². The highest BCUT2D eigenvalue weighted by molar-refractivity contribution is 5.61. The molecular formula is C10H11N3O. The lowest BCUT2D eigenvalue weighted by molar-refractivity contribution is 0.394. The van der Waals surface area contributed by atoms with E-state index in [0.717, 1.165) is 16.8 Å². The van der Waals surface area contributed by atoms with Crippen molar-refractivity contribution in [3.63, 3.8) is 0 Å². The second kappa shape index (κ2) is 3.14. The summed E-state index contributed by atoms with van der Waals surface area (Å²) in [6.07, 6.45) is 0. The maximum Gasteiger partial charge on any atom is 0.223 e. The van der Waals surface area contributed by atoms with Crippen molar-refractivity contribution in [2.75, 3.05) is 5.73 Å². The molecule has 0 saturated heterocycles. The van der Waals surface area contributed by atoms with Gasteiger partial charge in [-0.05, 0) is 30.7 Å².